The summed E-state index contributed by atoms with van der Waals surface area (Å²) in [7, 11) is 1.45. The van der Waals surface area contributed by atoms with Crippen LogP contribution in [0, 0.1) is 0 Å². The lowest BCUT2D eigenvalue weighted by atomic mass is 9.81. The lowest BCUT2D eigenvalue weighted by Gasteiger charge is -2.25. The first kappa shape index (κ1) is 18.4. The Morgan fingerprint density at radius 1 is 1.10 bits per heavy atom. The van der Waals surface area contributed by atoms with Gasteiger partial charge in [-0.25, -0.2) is 4.79 Å². The predicted molar refractivity (Wildman–Crippen MR) is 116 cm³/mol. The van der Waals surface area contributed by atoms with Gasteiger partial charge in [0.05, 0.1) is 18.4 Å². The summed E-state index contributed by atoms with van der Waals surface area (Å²) >= 11 is 0. The SMILES string of the molecule is COC(=O)c1ccc2c(C3CCCCC3)c3n(c2c1)CCNCc1ccccc1-3. The molecule has 2 aliphatic rings. The fraction of sp³-hybridized carbons (Fsp3) is 0.400. The van der Waals surface area contributed by atoms with Crippen LogP contribution in [-0.2, 0) is 17.8 Å². The minimum Gasteiger partial charge on any atom is -0.465 e. The molecule has 0 radical (unpaired) electrons. The van der Waals surface area contributed by atoms with Crippen LogP contribution in [0.4, 0.5) is 0 Å². The van der Waals surface area contributed by atoms with Crippen molar-refractivity contribution in [2.45, 2.75) is 51.1 Å². The lowest BCUT2D eigenvalue weighted by Crippen LogP contribution is -2.23. The molecule has 0 saturated heterocycles. The summed E-state index contributed by atoms with van der Waals surface area (Å²) in [4.78, 5) is 12.2. The van der Waals surface area contributed by atoms with Crippen molar-refractivity contribution < 1.29 is 9.53 Å². The number of esters is 1. The molecule has 4 nitrogen and oxygen atoms in total. The van der Waals surface area contributed by atoms with Gasteiger partial charge in [0, 0.05) is 36.1 Å². The standard InChI is InChI=1S/C25H28N2O2/c1-29-25(28)18-11-12-21-22(15-18)27-14-13-26-16-19-9-5-6-10-20(19)24(27)23(21)17-7-3-2-4-8-17/h5-6,9-12,15,17,26H,2-4,7-8,13-14,16H2,1H3. The summed E-state index contributed by atoms with van der Waals surface area (Å²) in [6.07, 6.45) is 6.47. The number of fused-ring (bicyclic) bond motifs is 5. The van der Waals surface area contributed by atoms with Crippen LogP contribution >= 0.6 is 0 Å². The second kappa shape index (κ2) is 7.68. The summed E-state index contributed by atoms with van der Waals surface area (Å²) in [5, 5.41) is 4.88. The van der Waals surface area contributed by atoms with Crippen LogP contribution in [0.2, 0.25) is 0 Å². The number of nitrogens with zero attached hydrogens (tertiary/aromatic N) is 1. The second-order valence-corrected chi connectivity index (χ2v) is 8.31. The molecule has 29 heavy (non-hydrogen) atoms. The number of ether oxygens (including phenoxy) is 1. The van der Waals surface area contributed by atoms with Crippen LogP contribution in [0.5, 0.6) is 0 Å². The van der Waals surface area contributed by atoms with E-state index in [1.807, 2.05) is 12.1 Å². The number of hydrogen-bond donors (Lipinski definition) is 1. The van der Waals surface area contributed by atoms with E-state index >= 15 is 0 Å². The van der Waals surface area contributed by atoms with Gasteiger partial charge in [0.1, 0.15) is 0 Å². The highest BCUT2D eigenvalue weighted by atomic mass is 16.5. The molecule has 2 aromatic carbocycles. The first-order valence-electron chi connectivity index (χ1n) is 10.8. The Bertz CT molecular complexity index is 1060. The van der Waals surface area contributed by atoms with Gasteiger partial charge in [-0.2, -0.15) is 0 Å². The Kier molecular flexibility index (Phi) is 4.88. The molecule has 0 bridgehead atoms. The molecule has 1 aliphatic carbocycles. The molecule has 1 saturated carbocycles. The molecule has 1 fully saturated rings. The van der Waals surface area contributed by atoms with Crippen LogP contribution in [-0.4, -0.2) is 24.2 Å². The summed E-state index contributed by atoms with van der Waals surface area (Å²) in [6.45, 7) is 2.71. The van der Waals surface area contributed by atoms with Gasteiger partial charge in [-0.05, 0) is 42.0 Å². The Balaban J connectivity index is 1.82. The molecule has 3 aromatic rings. The Morgan fingerprint density at radius 3 is 2.76 bits per heavy atom. The van der Waals surface area contributed by atoms with Crippen molar-refractivity contribution in [2.75, 3.05) is 13.7 Å². The van der Waals surface area contributed by atoms with Gasteiger partial charge in [-0.15, -0.1) is 0 Å². The Hall–Kier alpha value is -2.59. The van der Waals surface area contributed by atoms with Crippen molar-refractivity contribution in [3.63, 3.8) is 0 Å². The van der Waals surface area contributed by atoms with Gasteiger partial charge in [0.2, 0.25) is 0 Å². The number of rotatable bonds is 2. The average Bonchev–Trinajstić information content (AvgIpc) is 3.08. The van der Waals surface area contributed by atoms with Crippen LogP contribution in [0.1, 0.15) is 59.5 Å². The molecule has 150 valence electrons. The monoisotopic (exact) mass is 388 g/mol. The minimum absolute atomic E-state index is 0.272. The molecule has 0 spiro atoms. The summed E-state index contributed by atoms with van der Waals surface area (Å²) in [6, 6.07) is 14.9. The van der Waals surface area contributed by atoms with E-state index in [2.05, 4.69) is 40.2 Å². The van der Waals surface area contributed by atoms with Crippen LogP contribution in [0.15, 0.2) is 42.5 Å². The number of aromatic nitrogens is 1. The first-order valence-corrected chi connectivity index (χ1v) is 10.8. The lowest BCUT2D eigenvalue weighted by molar-refractivity contribution is 0.0601. The quantitative estimate of drug-likeness (QED) is 0.610. The van der Waals surface area contributed by atoms with Crippen molar-refractivity contribution in [3.05, 3.63) is 59.2 Å². The minimum atomic E-state index is -0.272. The van der Waals surface area contributed by atoms with Gasteiger partial charge < -0.3 is 14.6 Å². The normalized spacial score (nSPS) is 17.3. The van der Waals surface area contributed by atoms with E-state index in [4.69, 9.17) is 4.74 Å². The third kappa shape index (κ3) is 3.16. The summed E-state index contributed by atoms with van der Waals surface area (Å²) in [5.74, 6) is 0.318. The summed E-state index contributed by atoms with van der Waals surface area (Å²) < 4.78 is 7.43. The molecule has 1 N–H and O–H groups in total. The third-order valence-corrected chi connectivity index (χ3v) is 6.64. The van der Waals surface area contributed by atoms with Crippen LogP contribution < -0.4 is 5.32 Å². The van der Waals surface area contributed by atoms with Gasteiger partial charge in [0.25, 0.3) is 0 Å². The topological polar surface area (TPSA) is 43.3 Å². The average molecular weight is 389 g/mol. The highest BCUT2D eigenvalue weighted by molar-refractivity contribution is 5.99. The maximum atomic E-state index is 12.2. The van der Waals surface area contributed by atoms with Gasteiger partial charge in [-0.1, -0.05) is 49.6 Å². The molecular formula is C25H28N2O2. The number of nitrogens with one attached hydrogen (secondary N) is 1. The molecule has 2 heterocycles. The number of hydrogen-bond acceptors (Lipinski definition) is 3. The maximum Gasteiger partial charge on any atom is 0.337 e. The number of carbonyl (C=O) groups excluding carboxylic acids is 1. The maximum absolute atomic E-state index is 12.2. The fourth-order valence-electron chi connectivity index (χ4n) is 5.27. The zero-order valence-electron chi connectivity index (χ0n) is 17.0. The summed E-state index contributed by atoms with van der Waals surface area (Å²) in [5.41, 5.74) is 7.31. The van der Waals surface area contributed by atoms with E-state index in [0.29, 0.717) is 11.5 Å². The number of carbonyl (C=O) groups is 1. The van der Waals surface area contributed by atoms with Crippen LogP contribution in [0.25, 0.3) is 22.2 Å². The third-order valence-electron chi connectivity index (χ3n) is 6.64. The van der Waals surface area contributed by atoms with E-state index in [0.717, 1.165) is 25.2 Å². The highest BCUT2D eigenvalue weighted by Crippen LogP contribution is 2.45. The molecule has 1 aliphatic heterocycles. The van der Waals surface area contributed by atoms with Gasteiger partial charge in [-0.3, -0.25) is 0 Å². The van der Waals surface area contributed by atoms with E-state index in [1.54, 1.807) is 0 Å². The molecule has 1 aromatic heterocycles. The zero-order chi connectivity index (χ0) is 19.8. The molecule has 0 unspecified atom stereocenters. The Labute approximate surface area is 171 Å². The fourth-order valence-corrected chi connectivity index (χ4v) is 5.27. The van der Waals surface area contributed by atoms with E-state index in [9.17, 15) is 4.79 Å². The van der Waals surface area contributed by atoms with Crippen molar-refractivity contribution in [2.24, 2.45) is 0 Å². The molecule has 0 amide bonds. The number of benzene rings is 2. The number of methoxy groups -OCH3 is 1. The molecule has 4 heteroatoms. The van der Waals surface area contributed by atoms with Crippen molar-refractivity contribution >= 4 is 16.9 Å². The van der Waals surface area contributed by atoms with E-state index in [-0.39, 0.29) is 5.97 Å². The molecule has 5 rings (SSSR count). The van der Waals surface area contributed by atoms with Gasteiger partial charge >= 0.3 is 5.97 Å². The zero-order valence-corrected chi connectivity index (χ0v) is 17.0. The van der Waals surface area contributed by atoms with Crippen molar-refractivity contribution in [1.82, 2.24) is 9.88 Å². The van der Waals surface area contributed by atoms with E-state index in [1.165, 1.54) is 67.0 Å². The second-order valence-electron chi connectivity index (χ2n) is 8.31. The van der Waals surface area contributed by atoms with Crippen molar-refractivity contribution in [1.29, 1.82) is 0 Å². The highest BCUT2D eigenvalue weighted by Gasteiger charge is 2.28. The smallest absolute Gasteiger partial charge is 0.337 e. The Morgan fingerprint density at radius 2 is 1.93 bits per heavy atom. The van der Waals surface area contributed by atoms with Crippen LogP contribution in [0.3, 0.4) is 0 Å². The molecule has 0 atom stereocenters. The van der Waals surface area contributed by atoms with Gasteiger partial charge in [0.15, 0.2) is 0 Å². The molecular weight excluding hydrogens is 360 g/mol. The predicted octanol–water partition coefficient (Wildman–Crippen LogP) is 5.25. The first-order chi connectivity index (χ1) is 14.3. The van der Waals surface area contributed by atoms with Crippen molar-refractivity contribution in [3.8, 4) is 11.3 Å². The largest absolute Gasteiger partial charge is 0.465 e. The van der Waals surface area contributed by atoms with E-state index < -0.39 is 0 Å².